The van der Waals surface area contributed by atoms with E-state index in [1.165, 1.54) is 5.56 Å². The first kappa shape index (κ1) is 16.2. The van der Waals surface area contributed by atoms with E-state index in [1.807, 2.05) is 19.1 Å². The van der Waals surface area contributed by atoms with Crippen LogP contribution in [0.15, 0.2) is 28.7 Å². The van der Waals surface area contributed by atoms with E-state index < -0.39 is 6.04 Å². The summed E-state index contributed by atoms with van der Waals surface area (Å²) in [5.41, 5.74) is 7.06. The molecule has 0 saturated carbocycles. The zero-order valence-corrected chi connectivity index (χ0v) is 13.4. The maximum absolute atomic E-state index is 11.9. The van der Waals surface area contributed by atoms with Gasteiger partial charge in [-0.1, -0.05) is 41.9 Å². The van der Waals surface area contributed by atoms with Crippen LogP contribution in [0.5, 0.6) is 0 Å². The maximum Gasteiger partial charge on any atom is 0.237 e. The fourth-order valence-corrected chi connectivity index (χ4v) is 2.25. The summed E-state index contributed by atoms with van der Waals surface area (Å²) >= 11 is 3.41. The van der Waals surface area contributed by atoms with Crippen molar-refractivity contribution < 1.29 is 4.79 Å². The molecule has 1 amide bonds. The highest BCUT2D eigenvalue weighted by molar-refractivity contribution is 9.10. The fraction of sp³-hybridized carbons (Fsp3) is 0.533. The lowest BCUT2D eigenvalue weighted by Crippen LogP contribution is -2.45. The van der Waals surface area contributed by atoms with Gasteiger partial charge in [0.05, 0.1) is 6.04 Å². The van der Waals surface area contributed by atoms with Crippen molar-refractivity contribution in [1.29, 1.82) is 0 Å². The number of benzene rings is 1. The Bertz CT molecular complexity index is 403. The Morgan fingerprint density at radius 2 is 1.84 bits per heavy atom. The van der Waals surface area contributed by atoms with Gasteiger partial charge in [0.2, 0.25) is 5.91 Å². The molecular formula is C15H23BrN2O. The first-order chi connectivity index (χ1) is 8.88. The Kier molecular flexibility index (Phi) is 6.52. The summed E-state index contributed by atoms with van der Waals surface area (Å²) in [5, 5.41) is 2.97. The summed E-state index contributed by atoms with van der Waals surface area (Å²) in [4.78, 5) is 11.9. The minimum Gasteiger partial charge on any atom is -0.352 e. The quantitative estimate of drug-likeness (QED) is 0.844. The average molecular weight is 327 g/mol. The van der Waals surface area contributed by atoms with Crippen LogP contribution in [0, 0.1) is 5.92 Å². The largest absolute Gasteiger partial charge is 0.352 e. The third-order valence-corrected chi connectivity index (χ3v) is 3.43. The highest BCUT2D eigenvalue weighted by atomic mass is 79.9. The van der Waals surface area contributed by atoms with Crippen molar-refractivity contribution in [3.05, 3.63) is 34.3 Å². The molecule has 0 aromatic heterocycles. The smallest absolute Gasteiger partial charge is 0.237 e. The van der Waals surface area contributed by atoms with Crippen molar-refractivity contribution in [2.75, 3.05) is 0 Å². The monoisotopic (exact) mass is 326 g/mol. The molecule has 0 fully saturated rings. The molecule has 1 unspecified atom stereocenters. The van der Waals surface area contributed by atoms with Crippen LogP contribution in [0.1, 0.15) is 32.8 Å². The summed E-state index contributed by atoms with van der Waals surface area (Å²) in [6, 6.07) is 7.81. The van der Waals surface area contributed by atoms with Gasteiger partial charge in [-0.15, -0.1) is 0 Å². The van der Waals surface area contributed by atoms with E-state index in [0.29, 0.717) is 5.92 Å². The number of hydrogen-bond donors (Lipinski definition) is 2. The molecule has 1 rings (SSSR count). The highest BCUT2D eigenvalue weighted by Gasteiger charge is 2.16. The SMILES string of the molecule is CC(C)C[C@H](N)C(=O)NC(C)Cc1ccc(Br)cc1. The molecule has 0 spiro atoms. The number of halogens is 1. The fourth-order valence-electron chi connectivity index (χ4n) is 1.99. The van der Waals surface area contributed by atoms with Crippen LogP contribution in [0.4, 0.5) is 0 Å². The zero-order chi connectivity index (χ0) is 14.4. The summed E-state index contributed by atoms with van der Waals surface area (Å²) in [5.74, 6) is 0.376. The van der Waals surface area contributed by atoms with Gasteiger partial charge in [0, 0.05) is 10.5 Å². The van der Waals surface area contributed by atoms with Crippen LogP contribution >= 0.6 is 15.9 Å². The van der Waals surface area contributed by atoms with Crippen LogP contribution < -0.4 is 11.1 Å². The molecule has 0 bridgehead atoms. The average Bonchev–Trinajstić information content (AvgIpc) is 2.31. The topological polar surface area (TPSA) is 55.1 Å². The van der Waals surface area contributed by atoms with E-state index in [-0.39, 0.29) is 11.9 Å². The Morgan fingerprint density at radius 1 is 1.26 bits per heavy atom. The summed E-state index contributed by atoms with van der Waals surface area (Å²) in [6.07, 6.45) is 1.53. The minimum atomic E-state index is -0.410. The molecule has 1 aromatic rings. The maximum atomic E-state index is 11.9. The molecule has 3 nitrogen and oxygen atoms in total. The standard InChI is InChI=1S/C15H23BrN2O/c1-10(2)8-14(17)15(19)18-11(3)9-12-4-6-13(16)7-5-12/h4-7,10-11,14H,8-9,17H2,1-3H3,(H,18,19)/t11?,14-/m0/s1. The molecule has 2 atom stereocenters. The molecule has 4 heteroatoms. The zero-order valence-electron chi connectivity index (χ0n) is 11.8. The summed E-state index contributed by atoms with van der Waals surface area (Å²) in [7, 11) is 0. The molecule has 0 radical (unpaired) electrons. The van der Waals surface area contributed by atoms with Gasteiger partial charge in [0.1, 0.15) is 0 Å². The number of carbonyl (C=O) groups excluding carboxylic acids is 1. The van der Waals surface area contributed by atoms with Crippen molar-refractivity contribution in [2.45, 2.75) is 45.7 Å². The van der Waals surface area contributed by atoms with Crippen molar-refractivity contribution in [3.8, 4) is 0 Å². The van der Waals surface area contributed by atoms with Gasteiger partial charge >= 0.3 is 0 Å². The summed E-state index contributed by atoms with van der Waals surface area (Å²) < 4.78 is 1.06. The van der Waals surface area contributed by atoms with E-state index in [0.717, 1.165) is 17.3 Å². The van der Waals surface area contributed by atoms with Crippen LogP contribution in [0.3, 0.4) is 0 Å². The third kappa shape index (κ3) is 6.21. The van der Waals surface area contributed by atoms with Crippen molar-refractivity contribution in [3.63, 3.8) is 0 Å². The van der Waals surface area contributed by atoms with E-state index in [1.54, 1.807) is 0 Å². The lowest BCUT2D eigenvalue weighted by Gasteiger charge is -2.18. The third-order valence-electron chi connectivity index (χ3n) is 2.91. The van der Waals surface area contributed by atoms with E-state index in [4.69, 9.17) is 5.73 Å². The molecule has 0 aliphatic heterocycles. The van der Waals surface area contributed by atoms with Gasteiger partial charge in [0.15, 0.2) is 0 Å². The van der Waals surface area contributed by atoms with Crippen LogP contribution in [0.25, 0.3) is 0 Å². The lowest BCUT2D eigenvalue weighted by atomic mass is 10.0. The van der Waals surface area contributed by atoms with Crippen molar-refractivity contribution in [1.82, 2.24) is 5.32 Å². The molecule has 1 aromatic carbocycles. The molecule has 19 heavy (non-hydrogen) atoms. The first-order valence-electron chi connectivity index (χ1n) is 6.69. The Hall–Kier alpha value is -0.870. The predicted octanol–water partition coefficient (Wildman–Crippen LogP) is 2.87. The van der Waals surface area contributed by atoms with Gasteiger partial charge in [-0.3, -0.25) is 4.79 Å². The predicted molar refractivity (Wildman–Crippen MR) is 82.9 cm³/mol. The van der Waals surface area contributed by atoms with E-state index in [9.17, 15) is 4.79 Å². The van der Waals surface area contributed by atoms with E-state index in [2.05, 4.69) is 47.2 Å². The number of carbonyl (C=O) groups is 1. The number of hydrogen-bond acceptors (Lipinski definition) is 2. The minimum absolute atomic E-state index is 0.0571. The number of amides is 1. The van der Waals surface area contributed by atoms with Gasteiger partial charge in [0.25, 0.3) is 0 Å². The van der Waals surface area contributed by atoms with Crippen LogP contribution in [0.2, 0.25) is 0 Å². The van der Waals surface area contributed by atoms with Crippen molar-refractivity contribution in [2.24, 2.45) is 11.7 Å². The van der Waals surface area contributed by atoms with Crippen molar-refractivity contribution >= 4 is 21.8 Å². The Balaban J connectivity index is 2.44. The highest BCUT2D eigenvalue weighted by Crippen LogP contribution is 2.12. The molecule has 106 valence electrons. The van der Waals surface area contributed by atoms with Crippen LogP contribution in [-0.2, 0) is 11.2 Å². The molecule has 0 saturated heterocycles. The second-order valence-electron chi connectivity index (χ2n) is 5.48. The second-order valence-corrected chi connectivity index (χ2v) is 6.39. The van der Waals surface area contributed by atoms with Gasteiger partial charge in [-0.2, -0.15) is 0 Å². The molecule has 3 N–H and O–H groups in total. The molecular weight excluding hydrogens is 304 g/mol. The summed E-state index contributed by atoms with van der Waals surface area (Å²) in [6.45, 7) is 6.14. The Labute approximate surface area is 124 Å². The second kappa shape index (κ2) is 7.65. The molecule has 0 aliphatic rings. The van der Waals surface area contributed by atoms with Crippen LogP contribution in [-0.4, -0.2) is 18.0 Å². The number of nitrogens with one attached hydrogen (secondary N) is 1. The lowest BCUT2D eigenvalue weighted by molar-refractivity contribution is -0.123. The number of nitrogens with two attached hydrogens (primary N) is 1. The number of rotatable bonds is 6. The van der Waals surface area contributed by atoms with E-state index >= 15 is 0 Å². The molecule has 0 aliphatic carbocycles. The van der Waals surface area contributed by atoms with Gasteiger partial charge in [-0.05, 0) is 43.4 Å². The first-order valence-corrected chi connectivity index (χ1v) is 7.48. The molecule has 0 heterocycles. The van der Waals surface area contributed by atoms with Gasteiger partial charge in [-0.25, -0.2) is 0 Å². The Morgan fingerprint density at radius 3 is 2.37 bits per heavy atom. The van der Waals surface area contributed by atoms with Gasteiger partial charge < -0.3 is 11.1 Å². The normalized spacial score (nSPS) is 14.2.